The zero-order valence-corrected chi connectivity index (χ0v) is 25.3. The molecule has 0 aliphatic carbocycles. The van der Waals surface area contributed by atoms with Crippen molar-refractivity contribution >= 4 is 52.4 Å². The molecule has 1 fully saturated rings. The first kappa shape index (κ1) is 31.5. The number of hydrogen-bond acceptors (Lipinski definition) is 10. The maximum Gasteiger partial charge on any atom is 0.340 e. The summed E-state index contributed by atoms with van der Waals surface area (Å²) >= 11 is 5.95. The van der Waals surface area contributed by atoms with E-state index in [2.05, 4.69) is 35.8 Å². The molecule has 2 aliphatic heterocycles. The second kappa shape index (κ2) is 14.3. The summed E-state index contributed by atoms with van der Waals surface area (Å²) in [5.74, 6) is -0.925. The molecule has 44 heavy (non-hydrogen) atoms. The Morgan fingerprint density at radius 3 is 2.86 bits per heavy atom. The molecule has 0 radical (unpaired) electrons. The van der Waals surface area contributed by atoms with Crippen LogP contribution in [0.5, 0.6) is 0 Å². The van der Waals surface area contributed by atoms with Crippen molar-refractivity contribution in [2.24, 2.45) is 0 Å². The van der Waals surface area contributed by atoms with Crippen molar-refractivity contribution in [3.05, 3.63) is 63.4 Å². The zero-order chi connectivity index (χ0) is 31.2. The van der Waals surface area contributed by atoms with E-state index in [0.29, 0.717) is 51.9 Å². The van der Waals surface area contributed by atoms with Gasteiger partial charge in [-0.25, -0.2) is 19.2 Å². The highest BCUT2D eigenvalue weighted by Gasteiger charge is 2.31. The summed E-state index contributed by atoms with van der Waals surface area (Å²) in [7, 11) is 0. The number of anilines is 3. The Morgan fingerprint density at radius 2 is 2.11 bits per heavy atom. The predicted octanol–water partition coefficient (Wildman–Crippen LogP) is 3.49. The summed E-state index contributed by atoms with van der Waals surface area (Å²) in [4.78, 5) is 40.1. The summed E-state index contributed by atoms with van der Waals surface area (Å²) in [5.41, 5.74) is 2.92. The molecule has 1 aromatic carbocycles. The molecule has 0 saturated carbocycles. The van der Waals surface area contributed by atoms with Gasteiger partial charge in [0.15, 0.2) is 0 Å². The normalized spacial score (nSPS) is 16.6. The monoisotopic (exact) mass is 627 g/mol. The van der Waals surface area contributed by atoms with Gasteiger partial charge in [-0.1, -0.05) is 11.6 Å². The number of ether oxygens (including phenoxy) is 2. The third kappa shape index (κ3) is 7.25. The lowest BCUT2D eigenvalue weighted by molar-refractivity contribution is -0.110. The number of aliphatic hydroxyl groups excluding tert-OH is 1. The standard InChI is InChI=1S/C30H35ClFN7O5/c1-3-44-30(42)25-17(2)22(37-23(25)15-24(40)33-7-4-8-39-9-11-43-12-10-39)14-19-26-27(34-16-35-28(26)38-29(19)41)36-18-5-6-21(32)20(31)13-18/h5-6,13-14,16,24,33,37,40H,3-4,7-12,15H2,1-2H3,(H2,34,35,36,38,41)/b19-14-. The zero-order valence-electron chi connectivity index (χ0n) is 24.5. The number of aliphatic hydroxyl groups is 1. The predicted molar refractivity (Wildman–Crippen MR) is 164 cm³/mol. The molecular weight excluding hydrogens is 593 g/mol. The van der Waals surface area contributed by atoms with Crippen LogP contribution in [-0.2, 0) is 20.7 Å². The first-order chi connectivity index (χ1) is 21.2. The minimum Gasteiger partial charge on any atom is -0.462 e. The average molecular weight is 628 g/mol. The first-order valence-corrected chi connectivity index (χ1v) is 14.8. The number of carbonyl (C=O) groups excluding carboxylic acids is 2. The maximum atomic E-state index is 13.7. The van der Waals surface area contributed by atoms with E-state index in [9.17, 15) is 19.1 Å². The number of hydrogen-bond donors (Lipinski definition) is 5. The average Bonchev–Trinajstić information content (AvgIpc) is 3.49. The number of H-pyrrole nitrogens is 1. The van der Waals surface area contributed by atoms with Crippen LogP contribution in [0.3, 0.4) is 0 Å². The van der Waals surface area contributed by atoms with Crippen molar-refractivity contribution in [1.82, 2.24) is 25.2 Å². The molecule has 2 aliphatic rings. The van der Waals surface area contributed by atoms with Crippen LogP contribution in [0.1, 0.15) is 46.2 Å². The van der Waals surface area contributed by atoms with Gasteiger partial charge in [-0.2, -0.15) is 0 Å². The molecule has 14 heteroatoms. The number of morpholine rings is 1. The Morgan fingerprint density at radius 1 is 1.32 bits per heavy atom. The molecule has 5 rings (SSSR count). The van der Waals surface area contributed by atoms with Gasteiger partial charge in [-0.3, -0.25) is 15.0 Å². The Bertz CT molecular complexity index is 1560. The quantitative estimate of drug-likeness (QED) is 0.0873. The van der Waals surface area contributed by atoms with Gasteiger partial charge in [0.2, 0.25) is 0 Å². The van der Waals surface area contributed by atoms with E-state index in [0.717, 1.165) is 39.3 Å². The molecule has 2 aromatic heterocycles. The van der Waals surface area contributed by atoms with E-state index in [1.165, 1.54) is 24.5 Å². The highest BCUT2D eigenvalue weighted by molar-refractivity contribution is 6.35. The summed E-state index contributed by atoms with van der Waals surface area (Å²) in [6.45, 7) is 8.40. The van der Waals surface area contributed by atoms with Crippen molar-refractivity contribution in [2.75, 3.05) is 56.6 Å². The fraction of sp³-hybridized carbons (Fsp3) is 0.400. The molecule has 0 spiro atoms. The second-order valence-electron chi connectivity index (χ2n) is 10.4. The number of amides is 1. The van der Waals surface area contributed by atoms with Crippen LogP contribution in [0, 0.1) is 12.7 Å². The molecular formula is C30H35ClFN7O5. The van der Waals surface area contributed by atoms with Crippen LogP contribution in [0.2, 0.25) is 5.02 Å². The minimum atomic E-state index is -0.923. The molecule has 12 nitrogen and oxygen atoms in total. The lowest BCUT2D eigenvalue weighted by atomic mass is 10.0. The Kier molecular flexibility index (Phi) is 10.2. The molecule has 1 amide bonds. The number of nitrogens with one attached hydrogen (secondary N) is 4. The van der Waals surface area contributed by atoms with E-state index >= 15 is 0 Å². The highest BCUT2D eigenvalue weighted by Crippen LogP contribution is 2.38. The molecule has 0 bridgehead atoms. The van der Waals surface area contributed by atoms with Crippen molar-refractivity contribution in [2.45, 2.75) is 32.9 Å². The van der Waals surface area contributed by atoms with E-state index in [4.69, 9.17) is 21.1 Å². The molecule has 234 valence electrons. The van der Waals surface area contributed by atoms with Crippen molar-refractivity contribution in [3.63, 3.8) is 0 Å². The molecule has 3 aromatic rings. The number of fused-ring (bicyclic) bond motifs is 1. The van der Waals surface area contributed by atoms with Gasteiger partial charge >= 0.3 is 5.97 Å². The van der Waals surface area contributed by atoms with Crippen LogP contribution in [0.15, 0.2) is 24.5 Å². The summed E-state index contributed by atoms with van der Waals surface area (Å²) in [5, 5.41) is 19.6. The topological polar surface area (TPSA) is 154 Å². The Balaban J connectivity index is 1.38. The Hall–Kier alpha value is -3.88. The smallest absolute Gasteiger partial charge is 0.340 e. The van der Waals surface area contributed by atoms with Crippen molar-refractivity contribution < 1.29 is 28.6 Å². The SMILES string of the molecule is CCOC(=O)c1c(CC(O)NCCCN2CCOCC2)[nH]c(/C=C2\C(=O)Nc3ncnc(Nc4ccc(F)c(Cl)c4)c32)c1C. The van der Waals surface area contributed by atoms with Gasteiger partial charge in [0.25, 0.3) is 5.91 Å². The molecule has 1 atom stereocenters. The minimum absolute atomic E-state index is 0.0690. The van der Waals surface area contributed by atoms with Crippen LogP contribution >= 0.6 is 11.6 Å². The number of benzene rings is 1. The summed E-state index contributed by atoms with van der Waals surface area (Å²) in [6, 6.07) is 4.13. The summed E-state index contributed by atoms with van der Waals surface area (Å²) in [6.07, 6.45) is 2.94. The third-order valence-electron chi connectivity index (χ3n) is 7.44. The number of carbonyl (C=O) groups is 2. The van der Waals surface area contributed by atoms with Crippen molar-refractivity contribution in [1.29, 1.82) is 0 Å². The summed E-state index contributed by atoms with van der Waals surface area (Å²) < 4.78 is 24.4. The van der Waals surface area contributed by atoms with Crippen LogP contribution < -0.4 is 16.0 Å². The number of esters is 1. The van der Waals surface area contributed by atoms with Gasteiger partial charge in [0.1, 0.15) is 30.0 Å². The number of halogens is 2. The number of nitrogens with zero attached hydrogens (tertiary/aromatic N) is 3. The first-order valence-electron chi connectivity index (χ1n) is 14.5. The number of aromatic nitrogens is 3. The third-order valence-corrected chi connectivity index (χ3v) is 7.73. The van der Waals surface area contributed by atoms with E-state index < -0.39 is 23.9 Å². The van der Waals surface area contributed by atoms with Crippen LogP contribution in [0.4, 0.5) is 21.7 Å². The number of rotatable bonds is 12. The molecule has 1 unspecified atom stereocenters. The van der Waals surface area contributed by atoms with Gasteiger partial charge in [-0.05, 0) is 63.2 Å². The Labute approximate surface area is 259 Å². The van der Waals surface area contributed by atoms with Gasteiger partial charge in [0, 0.05) is 36.6 Å². The highest BCUT2D eigenvalue weighted by atomic mass is 35.5. The fourth-order valence-corrected chi connectivity index (χ4v) is 5.41. The van der Waals surface area contributed by atoms with E-state index in [1.54, 1.807) is 19.9 Å². The largest absolute Gasteiger partial charge is 0.462 e. The molecule has 5 N–H and O–H groups in total. The number of aromatic amines is 1. The van der Waals surface area contributed by atoms with Crippen LogP contribution in [0.25, 0.3) is 11.6 Å². The van der Waals surface area contributed by atoms with E-state index in [1.807, 2.05) is 0 Å². The maximum absolute atomic E-state index is 13.7. The fourth-order valence-electron chi connectivity index (χ4n) is 5.23. The molecule has 1 saturated heterocycles. The van der Waals surface area contributed by atoms with E-state index in [-0.39, 0.29) is 23.6 Å². The van der Waals surface area contributed by atoms with Gasteiger partial charge in [0.05, 0.1) is 41.5 Å². The second-order valence-corrected chi connectivity index (χ2v) is 10.8. The lowest BCUT2D eigenvalue weighted by Gasteiger charge is -2.26. The lowest BCUT2D eigenvalue weighted by Crippen LogP contribution is -2.39. The molecule has 4 heterocycles. The van der Waals surface area contributed by atoms with Crippen molar-refractivity contribution in [3.8, 4) is 0 Å². The van der Waals surface area contributed by atoms with Gasteiger partial charge < -0.3 is 30.2 Å². The van der Waals surface area contributed by atoms with Crippen LogP contribution in [-0.4, -0.2) is 89.1 Å². The van der Waals surface area contributed by atoms with Gasteiger partial charge in [-0.15, -0.1) is 0 Å².